The van der Waals surface area contributed by atoms with Crippen LogP contribution in [0.25, 0.3) is 11.1 Å². The molecule has 0 aliphatic carbocycles. The highest BCUT2D eigenvalue weighted by molar-refractivity contribution is 6.06. The number of halogens is 3. The molecule has 4 rings (SSSR count). The van der Waals surface area contributed by atoms with Crippen LogP contribution in [-0.2, 0) is 0 Å². The molecule has 1 aromatic carbocycles. The summed E-state index contributed by atoms with van der Waals surface area (Å²) in [5, 5.41) is 5.81. The topological polar surface area (TPSA) is 79.8 Å². The van der Waals surface area contributed by atoms with Gasteiger partial charge < -0.3 is 10.6 Å². The third-order valence-electron chi connectivity index (χ3n) is 5.55. The fourth-order valence-electron chi connectivity index (χ4n) is 3.81. The lowest BCUT2D eigenvalue weighted by Crippen LogP contribution is -2.39. The number of aromatic nitrogens is 3. The molecule has 1 fully saturated rings. The molecule has 1 atom stereocenters. The summed E-state index contributed by atoms with van der Waals surface area (Å²) in [7, 11) is 0. The van der Waals surface area contributed by atoms with E-state index in [-0.39, 0.29) is 41.4 Å². The minimum atomic E-state index is -2.87. The fourth-order valence-corrected chi connectivity index (χ4v) is 3.81. The average Bonchev–Trinajstić information content (AvgIpc) is 2.79. The molecule has 1 unspecified atom stereocenters. The summed E-state index contributed by atoms with van der Waals surface area (Å²) in [6.07, 6.45) is 3.49. The molecule has 2 aromatic heterocycles. The molecule has 3 aromatic rings. The van der Waals surface area contributed by atoms with Gasteiger partial charge in [-0.3, -0.25) is 9.78 Å². The van der Waals surface area contributed by atoms with Crippen LogP contribution in [0, 0.1) is 5.82 Å². The van der Waals surface area contributed by atoms with Gasteiger partial charge in [-0.1, -0.05) is 32.0 Å². The molecule has 6 nitrogen and oxygen atoms in total. The highest BCUT2D eigenvalue weighted by Gasteiger charge is 2.38. The standard InChI is InChI=1S/C24H24F3N5O/c1-14(2)22-30-12-15(13-31-22)23(33)32-20-17(16-5-3-4-6-18(16)25)7-9-29-21(20)19-11-24(26,27)8-10-28-19/h3-7,9,12-14,19,28H,8,10-11H2,1-2H3,(H,32,33). The van der Waals surface area contributed by atoms with Crippen LogP contribution in [0.1, 0.15) is 60.5 Å². The quantitative estimate of drug-likeness (QED) is 0.559. The summed E-state index contributed by atoms with van der Waals surface area (Å²) in [6, 6.07) is 6.82. The second-order valence-electron chi connectivity index (χ2n) is 8.35. The molecule has 1 aliphatic rings. The van der Waals surface area contributed by atoms with Crippen LogP contribution in [-0.4, -0.2) is 33.3 Å². The maximum atomic E-state index is 14.6. The lowest BCUT2D eigenvalue weighted by molar-refractivity contribution is -0.0419. The number of nitrogens with one attached hydrogen (secondary N) is 2. The maximum Gasteiger partial charge on any atom is 0.258 e. The summed E-state index contributed by atoms with van der Waals surface area (Å²) < 4.78 is 43.0. The molecule has 1 aliphatic heterocycles. The number of pyridine rings is 1. The van der Waals surface area contributed by atoms with E-state index in [1.54, 1.807) is 24.3 Å². The van der Waals surface area contributed by atoms with Gasteiger partial charge in [0.05, 0.1) is 23.0 Å². The minimum absolute atomic E-state index is 0.0961. The first-order valence-electron chi connectivity index (χ1n) is 10.7. The summed E-state index contributed by atoms with van der Waals surface area (Å²) >= 11 is 0. The number of nitrogens with zero attached hydrogens (tertiary/aromatic N) is 3. The van der Waals surface area contributed by atoms with Crippen molar-refractivity contribution in [3.05, 3.63) is 71.8 Å². The number of hydrogen-bond donors (Lipinski definition) is 2. The first kappa shape index (κ1) is 22.8. The Morgan fingerprint density at radius 3 is 2.52 bits per heavy atom. The second kappa shape index (κ2) is 9.27. The Bertz CT molecular complexity index is 1150. The van der Waals surface area contributed by atoms with Crippen LogP contribution in [0.5, 0.6) is 0 Å². The van der Waals surface area contributed by atoms with Crippen molar-refractivity contribution in [3.8, 4) is 11.1 Å². The number of hydrogen-bond acceptors (Lipinski definition) is 5. The van der Waals surface area contributed by atoms with Gasteiger partial charge in [0.15, 0.2) is 0 Å². The molecule has 0 spiro atoms. The lowest BCUT2D eigenvalue weighted by Gasteiger charge is -2.31. The van der Waals surface area contributed by atoms with E-state index in [0.717, 1.165) is 0 Å². The van der Waals surface area contributed by atoms with Crippen LogP contribution in [0.4, 0.5) is 18.9 Å². The highest BCUT2D eigenvalue weighted by Crippen LogP contribution is 2.40. The first-order chi connectivity index (χ1) is 15.7. The second-order valence-corrected chi connectivity index (χ2v) is 8.35. The lowest BCUT2D eigenvalue weighted by atomic mass is 9.94. The van der Waals surface area contributed by atoms with Gasteiger partial charge in [-0.25, -0.2) is 23.1 Å². The van der Waals surface area contributed by atoms with Crippen LogP contribution < -0.4 is 10.6 Å². The van der Waals surface area contributed by atoms with Crippen molar-refractivity contribution < 1.29 is 18.0 Å². The minimum Gasteiger partial charge on any atom is -0.320 e. The SMILES string of the molecule is CC(C)c1ncc(C(=O)Nc2c(-c3ccccc3F)ccnc2C2CC(F)(F)CCN2)cn1. The van der Waals surface area contributed by atoms with E-state index in [9.17, 15) is 18.0 Å². The third kappa shape index (κ3) is 5.03. The summed E-state index contributed by atoms with van der Waals surface area (Å²) in [5.74, 6) is -3.22. The van der Waals surface area contributed by atoms with Crippen molar-refractivity contribution in [1.29, 1.82) is 0 Å². The van der Waals surface area contributed by atoms with Crippen LogP contribution >= 0.6 is 0 Å². The number of amides is 1. The summed E-state index contributed by atoms with van der Waals surface area (Å²) in [4.78, 5) is 25.8. The predicted molar refractivity (Wildman–Crippen MR) is 119 cm³/mol. The number of benzene rings is 1. The number of rotatable bonds is 5. The fraction of sp³-hybridized carbons (Fsp3) is 0.333. The Morgan fingerprint density at radius 1 is 1.12 bits per heavy atom. The van der Waals surface area contributed by atoms with Gasteiger partial charge in [0.2, 0.25) is 0 Å². The van der Waals surface area contributed by atoms with Gasteiger partial charge in [0, 0.05) is 55.0 Å². The van der Waals surface area contributed by atoms with Gasteiger partial charge in [0.1, 0.15) is 11.6 Å². The van der Waals surface area contributed by atoms with E-state index in [1.807, 2.05) is 13.8 Å². The van der Waals surface area contributed by atoms with Crippen molar-refractivity contribution in [2.24, 2.45) is 0 Å². The van der Waals surface area contributed by atoms with E-state index in [4.69, 9.17) is 0 Å². The maximum absolute atomic E-state index is 14.6. The van der Waals surface area contributed by atoms with Gasteiger partial charge in [0.25, 0.3) is 11.8 Å². The average molecular weight is 455 g/mol. The van der Waals surface area contributed by atoms with E-state index in [1.165, 1.54) is 24.7 Å². The van der Waals surface area contributed by atoms with Crippen LogP contribution in [0.15, 0.2) is 48.9 Å². The molecule has 0 radical (unpaired) electrons. The van der Waals surface area contributed by atoms with Crippen LogP contribution in [0.3, 0.4) is 0 Å². The molecular formula is C24H24F3N5O. The largest absolute Gasteiger partial charge is 0.320 e. The van der Waals surface area contributed by atoms with Crippen LogP contribution in [0.2, 0.25) is 0 Å². The molecular weight excluding hydrogens is 431 g/mol. The van der Waals surface area contributed by atoms with Crippen molar-refractivity contribution >= 4 is 11.6 Å². The van der Waals surface area contributed by atoms with E-state index in [2.05, 4.69) is 25.6 Å². The molecule has 1 amide bonds. The number of carbonyl (C=O) groups is 1. The molecule has 33 heavy (non-hydrogen) atoms. The van der Waals surface area contributed by atoms with E-state index < -0.39 is 30.1 Å². The Morgan fingerprint density at radius 2 is 1.85 bits per heavy atom. The number of carbonyl (C=O) groups excluding carboxylic acids is 1. The predicted octanol–water partition coefficient (Wildman–Crippen LogP) is 5.11. The molecule has 9 heteroatoms. The van der Waals surface area contributed by atoms with Crippen molar-refractivity contribution in [2.45, 2.75) is 44.6 Å². The highest BCUT2D eigenvalue weighted by atomic mass is 19.3. The van der Waals surface area contributed by atoms with Gasteiger partial charge in [-0.2, -0.15) is 0 Å². The van der Waals surface area contributed by atoms with Gasteiger partial charge in [-0.15, -0.1) is 0 Å². The van der Waals surface area contributed by atoms with Gasteiger partial charge in [-0.05, 0) is 12.1 Å². The monoisotopic (exact) mass is 455 g/mol. The van der Waals surface area contributed by atoms with Crippen molar-refractivity contribution in [2.75, 3.05) is 11.9 Å². The molecule has 0 bridgehead atoms. The molecule has 1 saturated heterocycles. The Kier molecular flexibility index (Phi) is 6.42. The van der Waals surface area contributed by atoms with E-state index in [0.29, 0.717) is 11.4 Å². The number of anilines is 1. The zero-order valence-corrected chi connectivity index (χ0v) is 18.3. The smallest absolute Gasteiger partial charge is 0.258 e. The Hall–Kier alpha value is -3.33. The van der Waals surface area contributed by atoms with Crippen molar-refractivity contribution in [1.82, 2.24) is 20.3 Å². The third-order valence-corrected chi connectivity index (χ3v) is 5.55. The molecule has 172 valence electrons. The Balaban J connectivity index is 1.76. The molecule has 3 heterocycles. The van der Waals surface area contributed by atoms with Gasteiger partial charge >= 0.3 is 0 Å². The Labute approximate surface area is 189 Å². The number of alkyl halides is 2. The number of piperidine rings is 1. The summed E-state index contributed by atoms with van der Waals surface area (Å²) in [5.41, 5.74) is 1.17. The van der Waals surface area contributed by atoms with E-state index >= 15 is 0 Å². The van der Waals surface area contributed by atoms with Crippen molar-refractivity contribution in [3.63, 3.8) is 0 Å². The molecule has 2 N–H and O–H groups in total. The first-order valence-corrected chi connectivity index (χ1v) is 10.7. The summed E-state index contributed by atoms with van der Waals surface area (Å²) in [6.45, 7) is 3.97. The zero-order valence-electron chi connectivity index (χ0n) is 18.3. The normalized spacial score (nSPS) is 17.7. The zero-order chi connectivity index (χ0) is 23.6. The molecule has 0 saturated carbocycles.